The van der Waals surface area contributed by atoms with Crippen LogP contribution in [-0.4, -0.2) is 34.2 Å². The van der Waals surface area contributed by atoms with Gasteiger partial charge >= 0.3 is 0 Å². The Labute approximate surface area is 131 Å². The molecule has 1 aromatic carbocycles. The maximum Gasteiger partial charge on any atom is 0.242 e. The van der Waals surface area contributed by atoms with Crippen molar-refractivity contribution in [3.8, 4) is 0 Å². The molecule has 0 fully saturated rings. The highest BCUT2D eigenvalue weighted by Crippen LogP contribution is 2.24. The molecule has 0 saturated carbocycles. The highest BCUT2D eigenvalue weighted by molar-refractivity contribution is 6.09. The van der Waals surface area contributed by atoms with Gasteiger partial charge in [0.25, 0.3) is 0 Å². The number of Topliss-reactive ketones (excluding diaryl/α,β-unsaturated/α-hetero) is 1. The predicted octanol–water partition coefficient (Wildman–Crippen LogP) is 3.35. The molecular weight excluding hydrogens is 276 g/mol. The third-order valence-electron chi connectivity index (χ3n) is 4.00. The number of nitrogens with zero attached hydrogens (tertiary/aromatic N) is 2. The molecule has 22 heavy (non-hydrogen) atoms. The summed E-state index contributed by atoms with van der Waals surface area (Å²) in [7, 11) is 0. The zero-order chi connectivity index (χ0) is 16.3. The fraction of sp³-hybridized carbons (Fsp3) is 0.444. The molecule has 0 spiro atoms. The number of carbonyl (C=O) groups is 2. The molecule has 118 valence electrons. The lowest BCUT2D eigenvalue weighted by atomic mass is 10.0. The molecule has 0 aliphatic heterocycles. The van der Waals surface area contributed by atoms with Crippen molar-refractivity contribution in [1.29, 1.82) is 0 Å². The second-order valence-corrected chi connectivity index (χ2v) is 5.77. The molecule has 4 nitrogen and oxygen atoms in total. The Kier molecular flexibility index (Phi) is 5.01. The van der Waals surface area contributed by atoms with Gasteiger partial charge in [0.1, 0.15) is 6.54 Å². The predicted molar refractivity (Wildman–Crippen MR) is 89.0 cm³/mol. The van der Waals surface area contributed by atoms with Crippen molar-refractivity contribution in [3.63, 3.8) is 0 Å². The fourth-order valence-corrected chi connectivity index (χ4v) is 2.71. The van der Waals surface area contributed by atoms with Crippen LogP contribution < -0.4 is 0 Å². The minimum Gasteiger partial charge on any atom is -0.342 e. The molecule has 1 amide bonds. The first-order valence-corrected chi connectivity index (χ1v) is 7.89. The van der Waals surface area contributed by atoms with Gasteiger partial charge in [-0.1, -0.05) is 32.0 Å². The van der Waals surface area contributed by atoms with E-state index in [1.54, 1.807) is 4.90 Å². The van der Waals surface area contributed by atoms with Crippen molar-refractivity contribution < 1.29 is 9.59 Å². The van der Waals surface area contributed by atoms with E-state index in [1.165, 1.54) is 0 Å². The average Bonchev–Trinajstić information content (AvgIpc) is 2.86. The smallest absolute Gasteiger partial charge is 0.242 e. The zero-order valence-electron chi connectivity index (χ0n) is 13.8. The number of rotatable bonds is 6. The van der Waals surface area contributed by atoms with Gasteiger partial charge in [-0.25, -0.2) is 0 Å². The monoisotopic (exact) mass is 300 g/mol. The molecule has 0 N–H and O–H groups in total. The van der Waals surface area contributed by atoms with Crippen LogP contribution in [0.25, 0.3) is 10.9 Å². The molecule has 2 aromatic rings. The maximum absolute atomic E-state index is 12.4. The topological polar surface area (TPSA) is 42.3 Å². The molecule has 1 aromatic heterocycles. The number of aromatic nitrogens is 1. The van der Waals surface area contributed by atoms with Gasteiger partial charge in [-0.2, -0.15) is 0 Å². The molecular formula is C18H24N2O2. The molecule has 4 heteroatoms. The third-order valence-corrected chi connectivity index (χ3v) is 4.00. The van der Waals surface area contributed by atoms with Crippen molar-refractivity contribution in [2.45, 2.75) is 34.2 Å². The highest BCUT2D eigenvalue weighted by atomic mass is 16.2. The lowest BCUT2D eigenvalue weighted by Gasteiger charge is -2.19. The average molecular weight is 300 g/mol. The van der Waals surface area contributed by atoms with E-state index in [-0.39, 0.29) is 24.2 Å². The summed E-state index contributed by atoms with van der Waals surface area (Å²) < 4.78 is 1.89. The Balaban J connectivity index is 2.43. The largest absolute Gasteiger partial charge is 0.342 e. The Hall–Kier alpha value is -2.10. The minimum absolute atomic E-state index is 0.0576. The summed E-state index contributed by atoms with van der Waals surface area (Å²) in [6.07, 6.45) is 1.83. The summed E-state index contributed by atoms with van der Waals surface area (Å²) in [5.74, 6) is 0.136. The number of amides is 1. The Morgan fingerprint density at radius 3 is 2.36 bits per heavy atom. The number of likely N-dealkylation sites (N-methyl/N-ethyl adjacent to an activating group) is 1. The van der Waals surface area contributed by atoms with Gasteiger partial charge in [-0.05, 0) is 19.9 Å². The standard InChI is InChI=1S/C18H24N2O2/c1-5-19(6-2)17(21)12-20-11-15(18(22)13(3)4)14-9-7-8-10-16(14)20/h7-11,13H,5-6,12H2,1-4H3. The van der Waals surface area contributed by atoms with Crippen LogP contribution in [0.1, 0.15) is 38.1 Å². The van der Waals surface area contributed by atoms with Crippen LogP contribution in [0.2, 0.25) is 0 Å². The van der Waals surface area contributed by atoms with Gasteiger partial charge in [0.15, 0.2) is 5.78 Å². The van der Waals surface area contributed by atoms with Crippen molar-refractivity contribution in [2.24, 2.45) is 5.92 Å². The van der Waals surface area contributed by atoms with Gasteiger partial charge in [-0.3, -0.25) is 9.59 Å². The van der Waals surface area contributed by atoms with Crippen molar-refractivity contribution in [2.75, 3.05) is 13.1 Å². The molecule has 2 rings (SSSR count). The Morgan fingerprint density at radius 2 is 1.77 bits per heavy atom. The second-order valence-electron chi connectivity index (χ2n) is 5.77. The number of benzene rings is 1. The summed E-state index contributed by atoms with van der Waals surface area (Å²) in [6.45, 7) is 9.42. The minimum atomic E-state index is -0.0576. The first kappa shape index (κ1) is 16.3. The number of fused-ring (bicyclic) bond motifs is 1. The van der Waals surface area contributed by atoms with E-state index in [0.29, 0.717) is 18.7 Å². The van der Waals surface area contributed by atoms with E-state index in [4.69, 9.17) is 0 Å². The highest BCUT2D eigenvalue weighted by Gasteiger charge is 2.19. The molecule has 0 saturated heterocycles. The van der Waals surface area contributed by atoms with Crippen LogP contribution in [0.4, 0.5) is 0 Å². The van der Waals surface area contributed by atoms with Crippen LogP contribution in [0.15, 0.2) is 30.5 Å². The first-order chi connectivity index (χ1) is 10.5. The zero-order valence-corrected chi connectivity index (χ0v) is 13.8. The first-order valence-electron chi connectivity index (χ1n) is 7.89. The molecule has 0 aliphatic rings. The van der Waals surface area contributed by atoms with Crippen molar-refractivity contribution in [1.82, 2.24) is 9.47 Å². The third kappa shape index (κ3) is 3.06. The normalized spacial score (nSPS) is 11.1. The summed E-state index contributed by atoms with van der Waals surface area (Å²) in [5.41, 5.74) is 1.64. The van der Waals surface area contributed by atoms with Gasteiger partial charge in [0.2, 0.25) is 5.91 Å². The summed E-state index contributed by atoms with van der Waals surface area (Å²) in [6, 6.07) is 7.77. The van der Waals surface area contributed by atoms with E-state index in [9.17, 15) is 9.59 Å². The molecule has 0 radical (unpaired) electrons. The van der Waals surface area contributed by atoms with Crippen molar-refractivity contribution in [3.05, 3.63) is 36.0 Å². The number of ketones is 1. The quantitative estimate of drug-likeness (QED) is 0.768. The maximum atomic E-state index is 12.4. The Morgan fingerprint density at radius 1 is 1.14 bits per heavy atom. The Bertz CT molecular complexity index is 681. The van der Waals surface area contributed by atoms with Crippen molar-refractivity contribution >= 4 is 22.6 Å². The van der Waals surface area contributed by atoms with Gasteiger partial charge in [-0.15, -0.1) is 0 Å². The molecule has 0 aliphatic carbocycles. The summed E-state index contributed by atoms with van der Waals surface area (Å²) in [5, 5.41) is 0.925. The number of carbonyl (C=O) groups excluding carboxylic acids is 2. The van der Waals surface area contributed by atoms with E-state index in [0.717, 1.165) is 10.9 Å². The van der Waals surface area contributed by atoms with Crippen LogP contribution in [0.5, 0.6) is 0 Å². The van der Waals surface area contributed by atoms with Gasteiger partial charge in [0, 0.05) is 41.7 Å². The second kappa shape index (κ2) is 6.77. The molecule has 1 heterocycles. The van der Waals surface area contributed by atoms with Gasteiger partial charge < -0.3 is 9.47 Å². The number of hydrogen-bond acceptors (Lipinski definition) is 2. The van der Waals surface area contributed by atoms with Crippen LogP contribution in [0, 0.1) is 5.92 Å². The molecule has 0 bridgehead atoms. The van der Waals surface area contributed by atoms with E-state index < -0.39 is 0 Å². The van der Waals surface area contributed by atoms with E-state index in [2.05, 4.69) is 0 Å². The van der Waals surface area contributed by atoms with Crippen LogP contribution in [-0.2, 0) is 11.3 Å². The summed E-state index contributed by atoms with van der Waals surface area (Å²) in [4.78, 5) is 26.6. The summed E-state index contributed by atoms with van der Waals surface area (Å²) >= 11 is 0. The lowest BCUT2D eigenvalue weighted by molar-refractivity contribution is -0.131. The van der Waals surface area contributed by atoms with E-state index in [1.807, 2.05) is 62.7 Å². The lowest BCUT2D eigenvalue weighted by Crippen LogP contribution is -2.33. The van der Waals surface area contributed by atoms with Gasteiger partial charge in [0.05, 0.1) is 0 Å². The molecule has 0 unspecified atom stereocenters. The van der Waals surface area contributed by atoms with Crippen LogP contribution in [0.3, 0.4) is 0 Å². The number of hydrogen-bond donors (Lipinski definition) is 0. The number of para-hydroxylation sites is 1. The SMILES string of the molecule is CCN(CC)C(=O)Cn1cc(C(=O)C(C)C)c2ccccc21. The van der Waals surface area contributed by atoms with Crippen LogP contribution >= 0.6 is 0 Å². The molecule has 0 atom stereocenters. The fourth-order valence-electron chi connectivity index (χ4n) is 2.71. The van der Waals surface area contributed by atoms with E-state index >= 15 is 0 Å².